The van der Waals surface area contributed by atoms with E-state index < -0.39 is 0 Å². The second-order valence-corrected chi connectivity index (χ2v) is 5.99. The average molecular weight is 330 g/mol. The summed E-state index contributed by atoms with van der Waals surface area (Å²) in [6, 6.07) is 5.60. The molecule has 1 amide bonds. The Morgan fingerprint density at radius 3 is 2.94 bits per heavy atom. The highest BCUT2D eigenvalue weighted by molar-refractivity contribution is 9.10. The minimum atomic E-state index is 0.0282. The van der Waals surface area contributed by atoms with E-state index in [1.54, 1.807) is 6.07 Å². The number of benzene rings is 1. The third kappa shape index (κ3) is 2.90. The highest BCUT2D eigenvalue weighted by Gasteiger charge is 2.29. The van der Waals surface area contributed by atoms with E-state index in [1.165, 1.54) is 0 Å². The molecule has 0 aromatic heterocycles. The third-order valence-corrected chi connectivity index (χ3v) is 4.02. The Labute approximate surface area is 121 Å². The van der Waals surface area contributed by atoms with Crippen LogP contribution in [0.4, 0.5) is 0 Å². The van der Waals surface area contributed by atoms with Crippen molar-refractivity contribution in [3.63, 3.8) is 0 Å². The Kier molecular flexibility index (Phi) is 4.35. The van der Waals surface area contributed by atoms with E-state index in [-0.39, 0.29) is 18.1 Å². The number of thiol groups is 1. The van der Waals surface area contributed by atoms with Crippen molar-refractivity contribution < 1.29 is 9.53 Å². The maximum Gasteiger partial charge on any atom is 0.255 e. The average Bonchev–Trinajstić information content (AvgIpc) is 2.34. The molecule has 2 atom stereocenters. The Morgan fingerprint density at radius 1 is 1.50 bits per heavy atom. The van der Waals surface area contributed by atoms with Crippen LogP contribution >= 0.6 is 28.6 Å². The van der Waals surface area contributed by atoms with E-state index in [9.17, 15) is 4.79 Å². The largest absolute Gasteiger partial charge is 0.375 e. The quantitative estimate of drug-likeness (QED) is 0.802. The number of rotatable bonds is 1. The van der Waals surface area contributed by atoms with Gasteiger partial charge in [0.15, 0.2) is 0 Å². The third-order valence-electron chi connectivity index (χ3n) is 3.05. The van der Waals surface area contributed by atoms with Gasteiger partial charge >= 0.3 is 0 Å². The Bertz CT molecular complexity index is 466. The first-order valence-corrected chi connectivity index (χ1v) is 7.14. The minimum absolute atomic E-state index is 0.0282. The molecule has 2 unspecified atom stereocenters. The first-order chi connectivity index (χ1) is 8.49. The maximum absolute atomic E-state index is 12.5. The molecule has 5 heteroatoms. The predicted molar refractivity (Wildman–Crippen MR) is 77.3 cm³/mol. The molecule has 1 aromatic rings. The van der Waals surface area contributed by atoms with E-state index >= 15 is 0 Å². The van der Waals surface area contributed by atoms with Crippen molar-refractivity contribution in [3.8, 4) is 0 Å². The van der Waals surface area contributed by atoms with Gasteiger partial charge in [0.2, 0.25) is 0 Å². The van der Waals surface area contributed by atoms with Crippen LogP contribution in [0.3, 0.4) is 0 Å². The number of hydrogen-bond acceptors (Lipinski definition) is 3. The minimum Gasteiger partial charge on any atom is -0.375 e. The molecule has 1 aliphatic rings. The van der Waals surface area contributed by atoms with Crippen LogP contribution in [0.1, 0.15) is 24.2 Å². The Balaban J connectivity index is 2.27. The lowest BCUT2D eigenvalue weighted by Crippen LogP contribution is -2.50. The molecule has 0 spiro atoms. The summed E-state index contributed by atoms with van der Waals surface area (Å²) in [5.74, 6) is 0.0282. The van der Waals surface area contributed by atoms with Crippen LogP contribution in [0.2, 0.25) is 0 Å². The number of nitrogens with zero attached hydrogens (tertiary/aromatic N) is 1. The lowest BCUT2D eigenvalue weighted by molar-refractivity contribution is -0.0387. The molecule has 18 heavy (non-hydrogen) atoms. The van der Waals surface area contributed by atoms with Crippen molar-refractivity contribution in [2.75, 3.05) is 13.2 Å². The molecule has 98 valence electrons. The molecule has 1 aliphatic heterocycles. The molecule has 0 saturated carbocycles. The van der Waals surface area contributed by atoms with Crippen molar-refractivity contribution in [1.29, 1.82) is 0 Å². The molecule has 1 aromatic carbocycles. The van der Waals surface area contributed by atoms with Gasteiger partial charge in [0.05, 0.1) is 24.3 Å². The summed E-state index contributed by atoms with van der Waals surface area (Å²) < 4.78 is 6.34. The zero-order valence-electron chi connectivity index (χ0n) is 10.4. The fourth-order valence-electron chi connectivity index (χ4n) is 2.02. The standard InChI is InChI=1S/C13H16BrNO2S/c1-8-7-17-9(2)6-15(8)13(16)11-5-10(18)3-4-12(11)14/h3-5,8-9,18H,6-7H2,1-2H3. The Morgan fingerprint density at radius 2 is 2.22 bits per heavy atom. The molecule has 0 bridgehead atoms. The lowest BCUT2D eigenvalue weighted by Gasteiger charge is -2.37. The summed E-state index contributed by atoms with van der Waals surface area (Å²) in [6.45, 7) is 5.20. The molecular weight excluding hydrogens is 314 g/mol. The number of carbonyl (C=O) groups is 1. The highest BCUT2D eigenvalue weighted by atomic mass is 79.9. The molecule has 1 heterocycles. The Hall–Kier alpha value is -0.520. The van der Waals surface area contributed by atoms with Crippen molar-refractivity contribution in [2.24, 2.45) is 0 Å². The van der Waals surface area contributed by atoms with Crippen LogP contribution in [0.25, 0.3) is 0 Å². The first-order valence-electron chi connectivity index (χ1n) is 5.90. The first kappa shape index (κ1) is 13.9. The normalized spacial score (nSPS) is 24.1. The van der Waals surface area contributed by atoms with Gasteiger partial charge in [0, 0.05) is 15.9 Å². The van der Waals surface area contributed by atoms with Crippen LogP contribution in [-0.2, 0) is 4.74 Å². The fourth-order valence-corrected chi connectivity index (χ4v) is 2.64. The van der Waals surface area contributed by atoms with Crippen molar-refractivity contribution in [1.82, 2.24) is 4.90 Å². The molecule has 1 saturated heterocycles. The van der Waals surface area contributed by atoms with E-state index in [2.05, 4.69) is 28.6 Å². The predicted octanol–water partition coefficient (Wildman–Crippen LogP) is 2.99. The zero-order valence-corrected chi connectivity index (χ0v) is 12.9. The lowest BCUT2D eigenvalue weighted by atomic mass is 10.1. The van der Waals surface area contributed by atoms with Gasteiger partial charge in [-0.25, -0.2) is 0 Å². The van der Waals surface area contributed by atoms with Crippen LogP contribution in [0.15, 0.2) is 27.6 Å². The van der Waals surface area contributed by atoms with E-state index in [0.717, 1.165) is 9.37 Å². The van der Waals surface area contributed by atoms with Gasteiger partial charge in [0.25, 0.3) is 5.91 Å². The molecule has 3 nitrogen and oxygen atoms in total. The van der Waals surface area contributed by atoms with Crippen LogP contribution < -0.4 is 0 Å². The molecule has 0 radical (unpaired) electrons. The van der Waals surface area contributed by atoms with E-state index in [1.807, 2.05) is 30.9 Å². The zero-order chi connectivity index (χ0) is 13.3. The summed E-state index contributed by atoms with van der Waals surface area (Å²) in [6.07, 6.45) is 0.0862. The second-order valence-electron chi connectivity index (χ2n) is 4.61. The van der Waals surface area contributed by atoms with Crippen LogP contribution in [0, 0.1) is 0 Å². The number of hydrogen-bond donors (Lipinski definition) is 1. The second kappa shape index (κ2) is 5.63. The number of carbonyl (C=O) groups excluding carboxylic acids is 1. The molecular formula is C13H16BrNO2S. The number of halogens is 1. The van der Waals surface area contributed by atoms with Gasteiger partial charge in [-0.1, -0.05) is 0 Å². The smallest absolute Gasteiger partial charge is 0.255 e. The van der Waals surface area contributed by atoms with Crippen molar-refractivity contribution in [3.05, 3.63) is 28.2 Å². The number of morpholine rings is 1. The van der Waals surface area contributed by atoms with Crippen molar-refractivity contribution >= 4 is 34.5 Å². The SMILES string of the molecule is CC1CN(C(=O)c2cc(S)ccc2Br)C(C)CO1. The van der Waals surface area contributed by atoms with Gasteiger partial charge in [-0.15, -0.1) is 12.6 Å². The summed E-state index contributed by atoms with van der Waals surface area (Å²) in [5, 5.41) is 0. The van der Waals surface area contributed by atoms with Crippen LogP contribution in [-0.4, -0.2) is 36.1 Å². The topological polar surface area (TPSA) is 29.5 Å². The summed E-state index contributed by atoms with van der Waals surface area (Å²) in [7, 11) is 0. The highest BCUT2D eigenvalue weighted by Crippen LogP contribution is 2.24. The van der Waals surface area contributed by atoms with Gasteiger partial charge in [-0.3, -0.25) is 4.79 Å². The molecule has 2 rings (SSSR count). The van der Waals surface area contributed by atoms with Gasteiger partial charge in [-0.2, -0.15) is 0 Å². The van der Waals surface area contributed by atoms with Gasteiger partial charge in [0.1, 0.15) is 0 Å². The van der Waals surface area contributed by atoms with Crippen LogP contribution in [0.5, 0.6) is 0 Å². The summed E-state index contributed by atoms with van der Waals surface area (Å²) in [5.41, 5.74) is 0.656. The van der Waals surface area contributed by atoms with E-state index in [0.29, 0.717) is 18.7 Å². The summed E-state index contributed by atoms with van der Waals surface area (Å²) in [4.78, 5) is 15.2. The van der Waals surface area contributed by atoms with E-state index in [4.69, 9.17) is 4.74 Å². The number of ether oxygens (including phenoxy) is 1. The molecule has 1 fully saturated rings. The van der Waals surface area contributed by atoms with Gasteiger partial charge < -0.3 is 9.64 Å². The fraction of sp³-hybridized carbons (Fsp3) is 0.462. The number of amides is 1. The van der Waals surface area contributed by atoms with Gasteiger partial charge in [-0.05, 0) is 48.0 Å². The monoisotopic (exact) mass is 329 g/mol. The molecule has 0 N–H and O–H groups in total. The summed E-state index contributed by atoms with van der Waals surface area (Å²) >= 11 is 7.70. The van der Waals surface area contributed by atoms with Crippen molar-refractivity contribution in [2.45, 2.75) is 30.9 Å². The maximum atomic E-state index is 12.5. The molecule has 0 aliphatic carbocycles.